The van der Waals surface area contributed by atoms with Crippen LogP contribution in [0, 0.1) is 0 Å². The molecule has 15 heavy (non-hydrogen) atoms. The van der Waals surface area contributed by atoms with E-state index in [1.54, 1.807) is 12.5 Å². The Kier molecular flexibility index (Phi) is 2.91. The van der Waals surface area contributed by atoms with Gasteiger partial charge in [-0.3, -0.25) is 0 Å². The summed E-state index contributed by atoms with van der Waals surface area (Å²) >= 11 is 0. The number of nitrogens with one attached hydrogen (secondary N) is 1. The Hall–Kier alpha value is -1.49. The molecule has 0 fully saturated rings. The van der Waals surface area contributed by atoms with Gasteiger partial charge in [-0.2, -0.15) is 0 Å². The Bertz CT molecular complexity index is 440. The molecule has 0 aromatic carbocycles. The summed E-state index contributed by atoms with van der Waals surface area (Å²) in [4.78, 5) is 15.5. The number of nitrogens with zero attached hydrogens (tertiary/aromatic N) is 3. The molecule has 2 heterocycles. The predicted molar refractivity (Wildman–Crippen MR) is 56.4 cm³/mol. The summed E-state index contributed by atoms with van der Waals surface area (Å²) in [7, 11) is 0. The molecule has 2 aromatic heterocycles. The first-order chi connectivity index (χ1) is 7.35. The van der Waals surface area contributed by atoms with Crippen LogP contribution in [0.1, 0.15) is 31.5 Å². The van der Waals surface area contributed by atoms with Gasteiger partial charge in [-0.15, -0.1) is 0 Å². The maximum absolute atomic E-state index is 9.23. The lowest BCUT2D eigenvalue weighted by atomic mass is 10.0. The van der Waals surface area contributed by atoms with Gasteiger partial charge in [0, 0.05) is 5.92 Å². The fourth-order valence-corrected chi connectivity index (χ4v) is 1.60. The number of imidazole rings is 1. The van der Waals surface area contributed by atoms with E-state index in [0.29, 0.717) is 11.5 Å². The summed E-state index contributed by atoms with van der Waals surface area (Å²) < 4.78 is 0. The maximum Gasteiger partial charge on any atom is 0.180 e. The van der Waals surface area contributed by atoms with Gasteiger partial charge < -0.3 is 10.1 Å². The van der Waals surface area contributed by atoms with E-state index in [2.05, 4.69) is 26.9 Å². The number of H-pyrrole nitrogens is 1. The minimum Gasteiger partial charge on any atom is -0.396 e. The number of hydrogen-bond acceptors (Lipinski definition) is 4. The number of fused-ring (bicyclic) bond motifs is 1. The van der Waals surface area contributed by atoms with E-state index in [1.165, 1.54) is 0 Å². The summed E-state index contributed by atoms with van der Waals surface area (Å²) in [5.41, 5.74) is 1.49. The van der Waals surface area contributed by atoms with Crippen LogP contribution in [-0.2, 0) is 0 Å². The van der Waals surface area contributed by atoms with E-state index < -0.39 is 0 Å². The first kappa shape index (κ1) is 10.0. The number of aliphatic hydroxyl groups excluding tert-OH is 1. The highest BCUT2D eigenvalue weighted by atomic mass is 16.3. The minimum absolute atomic E-state index is 0.0242. The zero-order valence-electron chi connectivity index (χ0n) is 8.64. The van der Waals surface area contributed by atoms with E-state index in [0.717, 1.165) is 18.4 Å². The zero-order valence-corrected chi connectivity index (χ0v) is 8.64. The number of rotatable bonds is 4. The normalized spacial score (nSPS) is 13.2. The molecule has 1 atom stereocenters. The van der Waals surface area contributed by atoms with Crippen molar-refractivity contribution >= 4 is 11.2 Å². The molecule has 1 unspecified atom stereocenters. The fraction of sp³-hybridized carbons (Fsp3) is 0.500. The number of aliphatic hydroxyl groups is 1. The Morgan fingerprint density at radius 2 is 2.33 bits per heavy atom. The molecule has 0 aliphatic heterocycles. The monoisotopic (exact) mass is 206 g/mol. The van der Waals surface area contributed by atoms with Crippen LogP contribution in [0.3, 0.4) is 0 Å². The largest absolute Gasteiger partial charge is 0.396 e. The third-order valence-corrected chi connectivity index (χ3v) is 2.42. The average Bonchev–Trinajstić information content (AvgIpc) is 2.72. The van der Waals surface area contributed by atoms with Gasteiger partial charge in [0.25, 0.3) is 0 Å². The van der Waals surface area contributed by atoms with Crippen LogP contribution in [0.5, 0.6) is 0 Å². The van der Waals surface area contributed by atoms with Gasteiger partial charge in [-0.25, -0.2) is 15.0 Å². The summed E-state index contributed by atoms with van der Waals surface area (Å²) in [6.07, 6.45) is 5.21. The highest BCUT2D eigenvalue weighted by molar-refractivity contribution is 5.68. The highest BCUT2D eigenvalue weighted by Gasteiger charge is 2.13. The van der Waals surface area contributed by atoms with E-state index in [4.69, 9.17) is 0 Å². The molecule has 80 valence electrons. The SMILES string of the molecule is CCCC(CO)c1ncc2[nH]cnc2n1. The third kappa shape index (κ3) is 1.97. The molecule has 0 saturated carbocycles. The van der Waals surface area contributed by atoms with Crippen LogP contribution in [0.15, 0.2) is 12.5 Å². The molecule has 0 radical (unpaired) electrons. The predicted octanol–water partition coefficient (Wildman–Crippen LogP) is 1.23. The van der Waals surface area contributed by atoms with E-state index >= 15 is 0 Å². The maximum atomic E-state index is 9.23. The van der Waals surface area contributed by atoms with Crippen molar-refractivity contribution in [2.45, 2.75) is 25.7 Å². The summed E-state index contributed by atoms with van der Waals surface area (Å²) in [5.74, 6) is 0.704. The van der Waals surface area contributed by atoms with Crippen molar-refractivity contribution < 1.29 is 5.11 Å². The summed E-state index contributed by atoms with van der Waals surface area (Å²) in [6, 6.07) is 0. The molecule has 5 nitrogen and oxygen atoms in total. The molecule has 0 aliphatic carbocycles. The second-order valence-electron chi connectivity index (χ2n) is 3.54. The van der Waals surface area contributed by atoms with Crippen LogP contribution in [0.25, 0.3) is 11.2 Å². The van der Waals surface area contributed by atoms with Gasteiger partial charge in [0.15, 0.2) is 5.65 Å². The minimum atomic E-state index is 0.0242. The van der Waals surface area contributed by atoms with Gasteiger partial charge in [0.05, 0.1) is 19.1 Å². The van der Waals surface area contributed by atoms with Crippen LogP contribution in [-0.4, -0.2) is 31.6 Å². The topological polar surface area (TPSA) is 74.7 Å². The Morgan fingerprint density at radius 3 is 3.07 bits per heavy atom. The second kappa shape index (κ2) is 4.35. The smallest absolute Gasteiger partial charge is 0.180 e. The quantitative estimate of drug-likeness (QED) is 0.789. The van der Waals surface area contributed by atoms with E-state index in [1.807, 2.05) is 0 Å². The average molecular weight is 206 g/mol. The van der Waals surface area contributed by atoms with Crippen molar-refractivity contribution in [2.24, 2.45) is 0 Å². The lowest BCUT2D eigenvalue weighted by Gasteiger charge is -2.10. The van der Waals surface area contributed by atoms with Crippen LogP contribution < -0.4 is 0 Å². The zero-order chi connectivity index (χ0) is 10.7. The number of aromatic nitrogens is 4. The molecule has 0 spiro atoms. The molecule has 0 bridgehead atoms. The molecule has 0 saturated heterocycles. The van der Waals surface area contributed by atoms with Crippen molar-refractivity contribution in [1.82, 2.24) is 19.9 Å². The molecular weight excluding hydrogens is 192 g/mol. The molecule has 5 heteroatoms. The molecular formula is C10H14N4O. The standard InChI is InChI=1S/C10H14N4O/c1-2-3-7(5-15)9-11-4-8-10(14-9)13-6-12-8/h4,6-7,15H,2-3,5H2,1H3,(H,11,12,13,14). The fourth-order valence-electron chi connectivity index (χ4n) is 1.60. The summed E-state index contributed by atoms with van der Waals surface area (Å²) in [5, 5.41) is 9.23. The van der Waals surface area contributed by atoms with Gasteiger partial charge in [-0.05, 0) is 6.42 Å². The van der Waals surface area contributed by atoms with Crippen LogP contribution in [0.2, 0.25) is 0 Å². The summed E-state index contributed by atoms with van der Waals surface area (Å²) in [6.45, 7) is 2.17. The van der Waals surface area contributed by atoms with Crippen LogP contribution >= 0.6 is 0 Å². The Balaban J connectivity index is 2.33. The number of aromatic amines is 1. The van der Waals surface area contributed by atoms with Gasteiger partial charge in [0.2, 0.25) is 0 Å². The van der Waals surface area contributed by atoms with Gasteiger partial charge >= 0.3 is 0 Å². The number of hydrogen-bond donors (Lipinski definition) is 2. The van der Waals surface area contributed by atoms with Crippen molar-refractivity contribution in [2.75, 3.05) is 6.61 Å². The Labute approximate surface area is 87.6 Å². The first-order valence-electron chi connectivity index (χ1n) is 5.12. The van der Waals surface area contributed by atoms with E-state index in [9.17, 15) is 5.11 Å². The van der Waals surface area contributed by atoms with Crippen molar-refractivity contribution in [3.05, 3.63) is 18.3 Å². The molecule has 2 rings (SSSR count). The van der Waals surface area contributed by atoms with Crippen LogP contribution in [0.4, 0.5) is 0 Å². The molecule has 0 aliphatic rings. The van der Waals surface area contributed by atoms with Crippen molar-refractivity contribution in [3.63, 3.8) is 0 Å². The Morgan fingerprint density at radius 1 is 1.47 bits per heavy atom. The molecule has 2 N–H and O–H groups in total. The highest BCUT2D eigenvalue weighted by Crippen LogP contribution is 2.17. The van der Waals surface area contributed by atoms with E-state index in [-0.39, 0.29) is 12.5 Å². The first-order valence-corrected chi connectivity index (χ1v) is 5.12. The van der Waals surface area contributed by atoms with Gasteiger partial charge in [-0.1, -0.05) is 13.3 Å². The van der Waals surface area contributed by atoms with Crippen molar-refractivity contribution in [3.8, 4) is 0 Å². The van der Waals surface area contributed by atoms with Crippen molar-refractivity contribution in [1.29, 1.82) is 0 Å². The third-order valence-electron chi connectivity index (χ3n) is 2.42. The molecule has 2 aromatic rings. The molecule has 0 amide bonds. The second-order valence-corrected chi connectivity index (χ2v) is 3.54. The lowest BCUT2D eigenvalue weighted by molar-refractivity contribution is 0.254. The lowest BCUT2D eigenvalue weighted by Crippen LogP contribution is -2.08. The van der Waals surface area contributed by atoms with Gasteiger partial charge in [0.1, 0.15) is 11.3 Å².